The topological polar surface area (TPSA) is 29.1 Å². The van der Waals surface area contributed by atoms with Crippen LogP contribution in [0.2, 0.25) is 0 Å². The summed E-state index contributed by atoms with van der Waals surface area (Å²) in [5.74, 6) is -0.0482. The summed E-state index contributed by atoms with van der Waals surface area (Å²) in [6.07, 6.45) is 1.77. The fraction of sp³-hybridized carbons (Fsp3) is 0.136. The molecule has 0 heterocycles. The lowest BCUT2D eigenvalue weighted by atomic mass is 9.99. The summed E-state index contributed by atoms with van der Waals surface area (Å²) in [6.45, 7) is 2.00. The van der Waals surface area contributed by atoms with E-state index in [2.05, 4.69) is 17.4 Å². The van der Waals surface area contributed by atoms with Gasteiger partial charge in [0.15, 0.2) is 0 Å². The highest BCUT2D eigenvalue weighted by Crippen LogP contribution is 2.18. The SMILES string of the molecule is Cc1ccccc1NC(=O)c1ccccc1CCc1ccccc1. The normalized spacial score (nSPS) is 10.4. The Morgan fingerprint density at radius 2 is 1.46 bits per heavy atom. The fourth-order valence-corrected chi connectivity index (χ4v) is 2.79. The summed E-state index contributed by atoms with van der Waals surface area (Å²) in [6, 6.07) is 26.0. The number of aryl methyl sites for hydroxylation is 3. The first-order chi connectivity index (χ1) is 11.7. The summed E-state index contributed by atoms with van der Waals surface area (Å²) in [5, 5.41) is 3.03. The van der Waals surface area contributed by atoms with E-state index in [0.29, 0.717) is 0 Å². The van der Waals surface area contributed by atoms with Crippen molar-refractivity contribution >= 4 is 11.6 Å². The van der Waals surface area contributed by atoms with Crippen LogP contribution < -0.4 is 5.32 Å². The van der Waals surface area contributed by atoms with E-state index in [0.717, 1.165) is 35.2 Å². The van der Waals surface area contributed by atoms with Crippen LogP contribution in [-0.4, -0.2) is 5.91 Å². The van der Waals surface area contributed by atoms with Crippen LogP contribution >= 0.6 is 0 Å². The Bertz CT molecular complexity index is 824. The molecule has 24 heavy (non-hydrogen) atoms. The molecule has 1 N–H and O–H groups in total. The molecule has 2 heteroatoms. The van der Waals surface area contributed by atoms with Crippen LogP contribution in [0.25, 0.3) is 0 Å². The summed E-state index contributed by atoms with van der Waals surface area (Å²) < 4.78 is 0. The molecule has 0 aliphatic heterocycles. The van der Waals surface area contributed by atoms with Crippen molar-refractivity contribution in [3.8, 4) is 0 Å². The first kappa shape index (κ1) is 16.0. The molecule has 3 aromatic carbocycles. The van der Waals surface area contributed by atoms with Gasteiger partial charge in [-0.25, -0.2) is 0 Å². The molecule has 0 aromatic heterocycles. The number of nitrogens with one attached hydrogen (secondary N) is 1. The largest absolute Gasteiger partial charge is 0.322 e. The predicted octanol–water partition coefficient (Wildman–Crippen LogP) is 5.03. The number of rotatable bonds is 5. The maximum atomic E-state index is 12.7. The zero-order chi connectivity index (χ0) is 16.8. The van der Waals surface area contributed by atoms with Gasteiger partial charge < -0.3 is 5.32 Å². The second-order valence-corrected chi connectivity index (χ2v) is 5.91. The van der Waals surface area contributed by atoms with E-state index in [-0.39, 0.29) is 5.91 Å². The molecular formula is C22H21NO. The van der Waals surface area contributed by atoms with Gasteiger partial charge in [0.25, 0.3) is 5.91 Å². The van der Waals surface area contributed by atoms with E-state index in [9.17, 15) is 4.79 Å². The molecule has 0 aliphatic carbocycles. The van der Waals surface area contributed by atoms with Gasteiger partial charge in [0.1, 0.15) is 0 Å². The maximum absolute atomic E-state index is 12.7. The molecule has 0 bridgehead atoms. The van der Waals surface area contributed by atoms with Gasteiger partial charge in [-0.15, -0.1) is 0 Å². The molecule has 0 saturated carbocycles. The van der Waals surface area contributed by atoms with E-state index in [1.807, 2.05) is 73.7 Å². The number of para-hydroxylation sites is 1. The monoisotopic (exact) mass is 315 g/mol. The number of benzene rings is 3. The van der Waals surface area contributed by atoms with Gasteiger partial charge >= 0.3 is 0 Å². The van der Waals surface area contributed by atoms with Gasteiger partial charge in [0, 0.05) is 11.3 Å². The Balaban J connectivity index is 1.76. The van der Waals surface area contributed by atoms with Crippen LogP contribution in [0.5, 0.6) is 0 Å². The molecule has 1 amide bonds. The quantitative estimate of drug-likeness (QED) is 0.702. The van der Waals surface area contributed by atoms with Crippen LogP contribution in [0.1, 0.15) is 27.0 Å². The molecule has 3 rings (SSSR count). The van der Waals surface area contributed by atoms with E-state index in [1.54, 1.807) is 0 Å². The molecule has 120 valence electrons. The van der Waals surface area contributed by atoms with E-state index >= 15 is 0 Å². The van der Waals surface area contributed by atoms with E-state index in [4.69, 9.17) is 0 Å². The zero-order valence-electron chi connectivity index (χ0n) is 13.8. The minimum absolute atomic E-state index is 0.0482. The molecule has 0 spiro atoms. The lowest BCUT2D eigenvalue weighted by molar-refractivity contribution is 0.102. The molecule has 0 fully saturated rings. The number of hydrogen-bond acceptors (Lipinski definition) is 1. The van der Waals surface area contributed by atoms with Gasteiger partial charge in [-0.3, -0.25) is 4.79 Å². The van der Waals surface area contributed by atoms with Crippen molar-refractivity contribution in [3.05, 3.63) is 101 Å². The van der Waals surface area contributed by atoms with Gasteiger partial charge in [-0.1, -0.05) is 66.7 Å². The standard InChI is InChI=1S/C22H21NO/c1-17-9-5-8-14-21(17)23-22(24)20-13-7-6-12-19(20)16-15-18-10-3-2-4-11-18/h2-14H,15-16H2,1H3,(H,23,24). The number of carbonyl (C=O) groups is 1. The average molecular weight is 315 g/mol. The van der Waals surface area contributed by atoms with Crippen LogP contribution in [-0.2, 0) is 12.8 Å². The molecule has 3 aromatic rings. The van der Waals surface area contributed by atoms with Crippen LogP contribution in [0.4, 0.5) is 5.69 Å². The highest BCUT2D eigenvalue weighted by atomic mass is 16.1. The zero-order valence-corrected chi connectivity index (χ0v) is 13.8. The van der Waals surface area contributed by atoms with Crippen molar-refractivity contribution in [1.29, 1.82) is 0 Å². The van der Waals surface area contributed by atoms with Crippen molar-refractivity contribution in [3.63, 3.8) is 0 Å². The molecular weight excluding hydrogens is 294 g/mol. The van der Waals surface area contributed by atoms with Crippen LogP contribution in [0.3, 0.4) is 0 Å². The van der Waals surface area contributed by atoms with Gasteiger partial charge in [0.2, 0.25) is 0 Å². The number of anilines is 1. The first-order valence-corrected chi connectivity index (χ1v) is 8.23. The Labute approximate surface area is 143 Å². The molecule has 0 saturated heterocycles. The van der Waals surface area contributed by atoms with Crippen LogP contribution in [0, 0.1) is 6.92 Å². The van der Waals surface area contributed by atoms with E-state index in [1.165, 1.54) is 5.56 Å². The fourth-order valence-electron chi connectivity index (χ4n) is 2.79. The van der Waals surface area contributed by atoms with E-state index < -0.39 is 0 Å². The lowest BCUT2D eigenvalue weighted by Crippen LogP contribution is -2.15. The van der Waals surface area contributed by atoms with Gasteiger partial charge in [-0.05, 0) is 48.6 Å². The Kier molecular flexibility index (Phi) is 5.07. The van der Waals surface area contributed by atoms with Crippen molar-refractivity contribution in [2.45, 2.75) is 19.8 Å². The summed E-state index contributed by atoms with van der Waals surface area (Å²) in [4.78, 5) is 12.7. The third-order valence-electron chi connectivity index (χ3n) is 4.18. The molecule has 0 radical (unpaired) electrons. The Hall–Kier alpha value is -2.87. The second kappa shape index (κ2) is 7.60. The van der Waals surface area contributed by atoms with Crippen molar-refractivity contribution in [1.82, 2.24) is 0 Å². The summed E-state index contributed by atoms with van der Waals surface area (Å²) in [7, 11) is 0. The minimum atomic E-state index is -0.0482. The average Bonchev–Trinajstić information content (AvgIpc) is 2.63. The summed E-state index contributed by atoms with van der Waals surface area (Å²) in [5.41, 5.74) is 5.03. The molecule has 0 aliphatic rings. The van der Waals surface area contributed by atoms with Gasteiger partial charge in [0.05, 0.1) is 0 Å². The number of amides is 1. The third-order valence-corrected chi connectivity index (χ3v) is 4.18. The highest BCUT2D eigenvalue weighted by molar-refractivity contribution is 6.05. The number of carbonyl (C=O) groups excluding carboxylic acids is 1. The maximum Gasteiger partial charge on any atom is 0.255 e. The highest BCUT2D eigenvalue weighted by Gasteiger charge is 2.12. The van der Waals surface area contributed by atoms with Crippen LogP contribution in [0.15, 0.2) is 78.9 Å². The minimum Gasteiger partial charge on any atom is -0.322 e. The molecule has 0 atom stereocenters. The molecule has 0 unspecified atom stereocenters. The van der Waals surface area contributed by atoms with Gasteiger partial charge in [-0.2, -0.15) is 0 Å². The number of hydrogen-bond donors (Lipinski definition) is 1. The smallest absolute Gasteiger partial charge is 0.255 e. The first-order valence-electron chi connectivity index (χ1n) is 8.23. The molecule has 2 nitrogen and oxygen atoms in total. The Morgan fingerprint density at radius 3 is 2.25 bits per heavy atom. The van der Waals surface area contributed by atoms with Crippen molar-refractivity contribution < 1.29 is 4.79 Å². The lowest BCUT2D eigenvalue weighted by Gasteiger charge is -2.12. The third kappa shape index (κ3) is 3.90. The Morgan fingerprint density at radius 1 is 0.792 bits per heavy atom. The second-order valence-electron chi connectivity index (χ2n) is 5.91. The van der Waals surface area contributed by atoms with Crippen molar-refractivity contribution in [2.24, 2.45) is 0 Å². The van der Waals surface area contributed by atoms with Crippen molar-refractivity contribution in [2.75, 3.05) is 5.32 Å². The summed E-state index contributed by atoms with van der Waals surface area (Å²) >= 11 is 0. The predicted molar refractivity (Wildman–Crippen MR) is 99.4 cm³/mol.